The molecule has 0 aliphatic heterocycles. The second-order valence-electron chi connectivity index (χ2n) is 2.63. The lowest BCUT2D eigenvalue weighted by molar-refractivity contribution is 0.792. The Labute approximate surface area is 76.8 Å². The molecule has 0 unspecified atom stereocenters. The molecule has 0 aromatic carbocycles. The fraction of sp³-hybridized carbons (Fsp3) is 0.583. The van der Waals surface area contributed by atoms with Crippen LogP contribution in [-0.2, 0) is 0 Å². The maximum absolute atomic E-state index is 5.12. The SMILES string of the molecule is C#CCCC[CH]CCC#CCC. The largest absolute Gasteiger partial charge is 0.120 e. The van der Waals surface area contributed by atoms with Gasteiger partial charge in [-0.3, -0.25) is 0 Å². The summed E-state index contributed by atoms with van der Waals surface area (Å²) in [6.45, 7) is 2.07. The van der Waals surface area contributed by atoms with Crippen LogP contribution in [0.2, 0.25) is 0 Å². The lowest BCUT2D eigenvalue weighted by Crippen LogP contribution is -1.77. The van der Waals surface area contributed by atoms with Gasteiger partial charge >= 0.3 is 0 Å². The van der Waals surface area contributed by atoms with Gasteiger partial charge in [0.2, 0.25) is 0 Å². The molecule has 0 bridgehead atoms. The molecule has 12 heavy (non-hydrogen) atoms. The molecule has 0 aromatic rings. The molecule has 0 heterocycles. The Morgan fingerprint density at radius 1 is 1.17 bits per heavy atom. The monoisotopic (exact) mass is 161 g/mol. The van der Waals surface area contributed by atoms with Crippen LogP contribution in [0.3, 0.4) is 0 Å². The van der Waals surface area contributed by atoms with Crippen LogP contribution in [0.15, 0.2) is 0 Å². The van der Waals surface area contributed by atoms with Gasteiger partial charge in [-0.25, -0.2) is 0 Å². The van der Waals surface area contributed by atoms with Crippen molar-refractivity contribution in [3.05, 3.63) is 6.42 Å². The number of rotatable bonds is 5. The molecular formula is C12H17. The molecule has 0 N–H and O–H groups in total. The summed E-state index contributed by atoms with van der Waals surface area (Å²) in [7, 11) is 0. The fourth-order valence-electron chi connectivity index (χ4n) is 0.880. The molecular weight excluding hydrogens is 144 g/mol. The predicted molar refractivity (Wildman–Crippen MR) is 54.3 cm³/mol. The number of hydrogen-bond acceptors (Lipinski definition) is 0. The molecule has 1 radical (unpaired) electrons. The summed E-state index contributed by atoms with van der Waals surface area (Å²) >= 11 is 0. The van der Waals surface area contributed by atoms with Gasteiger partial charge in [0.1, 0.15) is 0 Å². The van der Waals surface area contributed by atoms with Crippen LogP contribution in [0.1, 0.15) is 45.4 Å². The van der Waals surface area contributed by atoms with Gasteiger partial charge in [0.05, 0.1) is 0 Å². The molecule has 0 amide bonds. The molecule has 0 atom stereocenters. The lowest BCUT2D eigenvalue weighted by atomic mass is 10.1. The Hall–Kier alpha value is -0.880. The first-order chi connectivity index (χ1) is 5.91. The first kappa shape index (κ1) is 11.1. The van der Waals surface area contributed by atoms with E-state index in [0.29, 0.717) is 0 Å². The van der Waals surface area contributed by atoms with Crippen molar-refractivity contribution in [1.29, 1.82) is 0 Å². The summed E-state index contributed by atoms with van der Waals surface area (Å²) < 4.78 is 0. The van der Waals surface area contributed by atoms with E-state index in [1.807, 2.05) is 0 Å². The van der Waals surface area contributed by atoms with E-state index >= 15 is 0 Å². The fourth-order valence-corrected chi connectivity index (χ4v) is 0.880. The molecule has 0 rings (SSSR count). The normalized spacial score (nSPS) is 8.33. The minimum Gasteiger partial charge on any atom is -0.120 e. The highest BCUT2D eigenvalue weighted by Crippen LogP contribution is 2.02. The number of unbranched alkanes of at least 4 members (excludes halogenated alkanes) is 5. The van der Waals surface area contributed by atoms with Gasteiger partial charge in [-0.1, -0.05) is 6.92 Å². The van der Waals surface area contributed by atoms with Crippen LogP contribution in [0.5, 0.6) is 0 Å². The minimum absolute atomic E-state index is 0.900. The highest BCUT2D eigenvalue weighted by atomic mass is 13.9. The summed E-state index contributed by atoms with van der Waals surface area (Å²) in [6.07, 6.45) is 13.6. The van der Waals surface area contributed by atoms with E-state index in [1.54, 1.807) is 0 Å². The van der Waals surface area contributed by atoms with Gasteiger partial charge in [-0.05, 0) is 25.7 Å². The van der Waals surface area contributed by atoms with Gasteiger partial charge in [-0.15, -0.1) is 24.2 Å². The second-order valence-corrected chi connectivity index (χ2v) is 2.63. The zero-order chi connectivity index (χ0) is 9.07. The quantitative estimate of drug-likeness (QED) is 0.429. The zero-order valence-electron chi connectivity index (χ0n) is 7.90. The van der Waals surface area contributed by atoms with Crippen LogP contribution in [-0.4, -0.2) is 0 Å². The average Bonchev–Trinajstić information content (AvgIpc) is 2.10. The third-order valence-corrected chi connectivity index (χ3v) is 1.50. The van der Waals surface area contributed by atoms with E-state index in [1.165, 1.54) is 0 Å². The van der Waals surface area contributed by atoms with Crippen LogP contribution < -0.4 is 0 Å². The summed E-state index contributed by atoms with van der Waals surface area (Å²) in [6, 6.07) is 0. The molecule has 0 aromatic heterocycles. The van der Waals surface area contributed by atoms with Gasteiger partial charge in [0.15, 0.2) is 0 Å². The average molecular weight is 161 g/mol. The Morgan fingerprint density at radius 2 is 2.00 bits per heavy atom. The highest BCUT2D eigenvalue weighted by molar-refractivity contribution is 4.98. The van der Waals surface area contributed by atoms with E-state index in [4.69, 9.17) is 6.42 Å². The summed E-state index contributed by atoms with van der Waals surface area (Å²) in [5.74, 6) is 8.78. The standard InChI is InChI=1S/C12H17/c1-3-5-7-9-11-12-10-8-6-4-2/h1,11H,4-5,7,9-10,12H2,2H3. The zero-order valence-corrected chi connectivity index (χ0v) is 7.90. The molecule has 0 nitrogen and oxygen atoms in total. The third-order valence-electron chi connectivity index (χ3n) is 1.50. The smallest absolute Gasteiger partial charge is 0.00914 e. The van der Waals surface area contributed by atoms with Crippen molar-refractivity contribution in [2.24, 2.45) is 0 Å². The molecule has 0 saturated heterocycles. The molecule has 0 aliphatic rings. The van der Waals surface area contributed by atoms with Gasteiger partial charge in [0.25, 0.3) is 0 Å². The Kier molecular flexibility index (Phi) is 9.38. The molecule has 0 spiro atoms. The van der Waals surface area contributed by atoms with E-state index in [2.05, 4.69) is 31.1 Å². The van der Waals surface area contributed by atoms with E-state index in [9.17, 15) is 0 Å². The van der Waals surface area contributed by atoms with E-state index < -0.39 is 0 Å². The first-order valence-corrected chi connectivity index (χ1v) is 4.62. The third kappa shape index (κ3) is 9.12. The maximum Gasteiger partial charge on any atom is 0.00914 e. The summed E-state index contributed by atoms with van der Waals surface area (Å²) in [5, 5.41) is 0. The Morgan fingerprint density at radius 3 is 2.67 bits per heavy atom. The van der Waals surface area contributed by atoms with Crippen LogP contribution in [0, 0.1) is 30.6 Å². The number of hydrogen-bond donors (Lipinski definition) is 0. The van der Waals surface area contributed by atoms with E-state index in [0.717, 1.165) is 38.5 Å². The van der Waals surface area contributed by atoms with Crippen LogP contribution in [0.25, 0.3) is 0 Å². The molecule has 0 aliphatic carbocycles. The van der Waals surface area contributed by atoms with Crippen molar-refractivity contribution in [3.8, 4) is 24.2 Å². The van der Waals surface area contributed by atoms with Crippen molar-refractivity contribution in [2.75, 3.05) is 0 Å². The van der Waals surface area contributed by atoms with Crippen molar-refractivity contribution >= 4 is 0 Å². The van der Waals surface area contributed by atoms with Gasteiger partial charge < -0.3 is 0 Å². The van der Waals surface area contributed by atoms with Crippen molar-refractivity contribution < 1.29 is 0 Å². The second kappa shape index (κ2) is 10.1. The van der Waals surface area contributed by atoms with Crippen molar-refractivity contribution in [2.45, 2.75) is 45.4 Å². The van der Waals surface area contributed by atoms with Crippen molar-refractivity contribution in [3.63, 3.8) is 0 Å². The Bertz CT molecular complexity index is 172. The molecule has 0 saturated carbocycles. The summed E-state index contributed by atoms with van der Waals surface area (Å²) in [5.41, 5.74) is 0. The maximum atomic E-state index is 5.12. The molecule has 0 fully saturated rings. The predicted octanol–water partition coefficient (Wildman–Crippen LogP) is 3.19. The van der Waals surface area contributed by atoms with Crippen LogP contribution >= 0.6 is 0 Å². The summed E-state index contributed by atoms with van der Waals surface area (Å²) in [4.78, 5) is 0. The molecule has 0 heteroatoms. The van der Waals surface area contributed by atoms with Gasteiger partial charge in [-0.2, -0.15) is 0 Å². The minimum atomic E-state index is 0.900. The molecule has 65 valence electrons. The van der Waals surface area contributed by atoms with Crippen LogP contribution in [0.4, 0.5) is 0 Å². The van der Waals surface area contributed by atoms with Crippen molar-refractivity contribution in [1.82, 2.24) is 0 Å². The highest BCUT2D eigenvalue weighted by Gasteiger charge is 1.86. The Balaban J connectivity index is 2.97. The topological polar surface area (TPSA) is 0 Å². The number of terminal acetylenes is 1. The van der Waals surface area contributed by atoms with E-state index in [-0.39, 0.29) is 0 Å². The first-order valence-electron chi connectivity index (χ1n) is 4.62. The van der Waals surface area contributed by atoms with Gasteiger partial charge in [0, 0.05) is 19.3 Å². The lowest BCUT2D eigenvalue weighted by Gasteiger charge is -1.93.